The summed E-state index contributed by atoms with van der Waals surface area (Å²) in [5.41, 5.74) is 0. The summed E-state index contributed by atoms with van der Waals surface area (Å²) in [6.45, 7) is 0. The second-order valence-corrected chi connectivity index (χ2v) is 11.2. The Morgan fingerprint density at radius 1 is 1.00 bits per heavy atom. The van der Waals surface area contributed by atoms with E-state index < -0.39 is 0 Å². The molecule has 0 radical (unpaired) electrons. The van der Waals surface area contributed by atoms with Gasteiger partial charge in [0.15, 0.2) is 0 Å². The lowest BCUT2D eigenvalue weighted by molar-refractivity contribution is -0.123. The van der Waals surface area contributed by atoms with E-state index in [0.29, 0.717) is 0 Å². The molecule has 0 aromatic rings. The Morgan fingerprint density at radius 3 is 2.21 bits per heavy atom. The third kappa shape index (κ3) is 3.18. The van der Waals surface area contributed by atoms with Gasteiger partial charge in [-0.15, -0.1) is 23.5 Å². The highest BCUT2D eigenvalue weighted by Gasteiger charge is 2.30. The molecule has 0 unspecified atom stereocenters. The third-order valence-electron chi connectivity index (χ3n) is 2.35. The van der Waals surface area contributed by atoms with Gasteiger partial charge in [-0.2, -0.15) is 0 Å². The molecule has 0 aliphatic carbocycles. The summed E-state index contributed by atoms with van der Waals surface area (Å²) in [7, 11) is 3.60. The van der Waals surface area contributed by atoms with E-state index in [2.05, 4.69) is 0 Å². The molecule has 2 nitrogen and oxygen atoms in total. The number of hydrogen-bond donors (Lipinski definition) is 0. The fourth-order valence-corrected chi connectivity index (χ4v) is 10.0. The van der Waals surface area contributed by atoms with Crippen LogP contribution in [0.5, 0.6) is 0 Å². The maximum absolute atomic E-state index is 11.9. The minimum atomic E-state index is 0.0996. The minimum absolute atomic E-state index is 0.0996. The van der Waals surface area contributed by atoms with Crippen LogP contribution in [0, 0.1) is 0 Å². The lowest BCUT2D eigenvalue weighted by atomic mass is 10.5. The van der Waals surface area contributed by atoms with Crippen molar-refractivity contribution in [3.8, 4) is 0 Å². The zero-order chi connectivity index (χ0) is 13.4. The molecule has 3 heterocycles. The lowest BCUT2D eigenvalue weighted by Crippen LogP contribution is -2.21. The highest BCUT2D eigenvalue weighted by molar-refractivity contribution is 8.43. The number of rotatable bonds is 1. The van der Waals surface area contributed by atoms with Gasteiger partial charge in [0, 0.05) is 25.6 Å². The van der Waals surface area contributed by atoms with E-state index >= 15 is 0 Å². The van der Waals surface area contributed by atoms with Crippen LogP contribution in [0.3, 0.4) is 0 Å². The van der Waals surface area contributed by atoms with Crippen molar-refractivity contribution in [1.29, 1.82) is 0 Å². The quantitative estimate of drug-likeness (QED) is 0.667. The second kappa shape index (κ2) is 6.27. The first-order valence-corrected chi connectivity index (χ1v) is 10.8. The monoisotopic (exact) mass is 365 g/mol. The van der Waals surface area contributed by atoms with Gasteiger partial charge in [-0.3, -0.25) is 4.79 Å². The van der Waals surface area contributed by atoms with E-state index in [1.54, 1.807) is 42.5 Å². The van der Waals surface area contributed by atoms with Gasteiger partial charge in [0.05, 0.1) is 21.9 Å². The number of thioether (sulfide) groups is 6. The molecule has 0 spiro atoms. The predicted molar refractivity (Wildman–Crippen MR) is 96.1 cm³/mol. The molecule has 0 bridgehead atoms. The molecule has 0 saturated heterocycles. The van der Waals surface area contributed by atoms with Gasteiger partial charge in [-0.05, 0) is 5.41 Å². The molecular weight excluding hydrogens is 355 g/mol. The molecule has 1 amide bonds. The van der Waals surface area contributed by atoms with E-state index in [0.717, 1.165) is 4.91 Å². The maximum Gasteiger partial charge on any atom is 0.260 e. The molecule has 0 fully saturated rings. The number of carbonyl (C=O) groups is 1. The Morgan fingerprint density at radius 2 is 1.63 bits per heavy atom. The van der Waals surface area contributed by atoms with Crippen LogP contribution in [0.15, 0.2) is 27.3 Å². The number of nitrogens with zero attached hydrogens (tertiary/aromatic N) is 1. The fraction of sp³-hybridized carbons (Fsp3) is 0.364. The molecule has 102 valence electrons. The van der Waals surface area contributed by atoms with Crippen LogP contribution in [0.2, 0.25) is 0 Å². The molecule has 0 N–H and O–H groups in total. The Kier molecular flexibility index (Phi) is 4.86. The summed E-state index contributed by atoms with van der Waals surface area (Å²) in [6.07, 6.45) is 0. The van der Waals surface area contributed by atoms with Crippen molar-refractivity contribution in [1.82, 2.24) is 4.90 Å². The standard InChI is InChI=1S/C11H11NOS6/c1-12(2)7(13)6-5-16-10(17-6)11-18-8-9(19-11)15-4-3-14-8/h5H,3-4H2,1-2H3. The number of likely N-dealkylation sites (N-methyl/N-ethyl adjacent to an activating group) is 1. The van der Waals surface area contributed by atoms with Crippen LogP contribution >= 0.6 is 70.6 Å². The topological polar surface area (TPSA) is 20.3 Å². The van der Waals surface area contributed by atoms with Crippen LogP contribution in [-0.2, 0) is 4.79 Å². The summed E-state index contributed by atoms with van der Waals surface area (Å²) in [6, 6.07) is 0. The number of carbonyl (C=O) groups excluding carboxylic acids is 1. The number of amides is 1. The van der Waals surface area contributed by atoms with Crippen LogP contribution in [-0.4, -0.2) is 36.4 Å². The van der Waals surface area contributed by atoms with Crippen molar-refractivity contribution in [3.63, 3.8) is 0 Å². The Hall–Kier alpha value is 0.790. The van der Waals surface area contributed by atoms with Gasteiger partial charge >= 0.3 is 0 Å². The maximum atomic E-state index is 11.9. The summed E-state index contributed by atoms with van der Waals surface area (Å²) >= 11 is 11.0. The Bertz CT molecular complexity index is 501. The molecule has 3 aliphatic rings. The lowest BCUT2D eigenvalue weighted by Gasteiger charge is -2.09. The fourth-order valence-electron chi connectivity index (χ4n) is 1.46. The van der Waals surface area contributed by atoms with Gasteiger partial charge < -0.3 is 4.90 Å². The van der Waals surface area contributed by atoms with Crippen molar-refractivity contribution in [2.75, 3.05) is 25.6 Å². The first-order valence-electron chi connectivity index (χ1n) is 5.51. The smallest absolute Gasteiger partial charge is 0.260 e. The van der Waals surface area contributed by atoms with Crippen LogP contribution < -0.4 is 0 Å². The van der Waals surface area contributed by atoms with Crippen molar-refractivity contribution < 1.29 is 4.79 Å². The molecule has 0 atom stereocenters. The summed E-state index contributed by atoms with van der Waals surface area (Å²) in [4.78, 5) is 14.4. The zero-order valence-electron chi connectivity index (χ0n) is 10.3. The molecular formula is C11H11NOS6. The SMILES string of the molecule is CN(C)C(=O)C1=CSC(=C2SC3=C(SCCS3)S2)S1. The van der Waals surface area contributed by atoms with Crippen LogP contribution in [0.4, 0.5) is 0 Å². The molecule has 8 heteroatoms. The van der Waals surface area contributed by atoms with Crippen LogP contribution in [0.25, 0.3) is 0 Å². The van der Waals surface area contributed by atoms with Crippen molar-refractivity contribution >= 4 is 76.5 Å². The average Bonchev–Trinajstić information content (AvgIpc) is 3.03. The Labute approximate surface area is 138 Å². The van der Waals surface area contributed by atoms with E-state index in [-0.39, 0.29) is 5.91 Å². The van der Waals surface area contributed by atoms with Gasteiger partial charge in [0.1, 0.15) is 0 Å². The molecule has 19 heavy (non-hydrogen) atoms. The normalized spacial score (nSPS) is 22.7. The van der Waals surface area contributed by atoms with E-state index in [1.165, 1.54) is 28.5 Å². The van der Waals surface area contributed by atoms with E-state index in [1.807, 2.05) is 52.5 Å². The Balaban J connectivity index is 1.70. The summed E-state index contributed by atoms with van der Waals surface area (Å²) in [5, 5.41) is 1.98. The molecule has 3 aliphatic heterocycles. The summed E-state index contributed by atoms with van der Waals surface area (Å²) in [5.74, 6) is 2.52. The highest BCUT2D eigenvalue weighted by Crippen LogP contribution is 2.63. The van der Waals surface area contributed by atoms with E-state index in [9.17, 15) is 4.79 Å². The molecule has 0 saturated carbocycles. The predicted octanol–water partition coefficient (Wildman–Crippen LogP) is 4.61. The molecule has 0 aromatic carbocycles. The van der Waals surface area contributed by atoms with Crippen molar-refractivity contribution in [3.05, 3.63) is 27.3 Å². The zero-order valence-corrected chi connectivity index (χ0v) is 15.2. The summed E-state index contributed by atoms with van der Waals surface area (Å²) < 4.78 is 5.52. The van der Waals surface area contributed by atoms with Crippen molar-refractivity contribution in [2.45, 2.75) is 0 Å². The van der Waals surface area contributed by atoms with E-state index in [4.69, 9.17) is 0 Å². The average molecular weight is 366 g/mol. The van der Waals surface area contributed by atoms with Gasteiger partial charge in [0.25, 0.3) is 5.91 Å². The van der Waals surface area contributed by atoms with Crippen LogP contribution in [0.1, 0.15) is 0 Å². The van der Waals surface area contributed by atoms with Gasteiger partial charge in [-0.25, -0.2) is 0 Å². The molecule has 3 rings (SSSR count). The van der Waals surface area contributed by atoms with Crippen molar-refractivity contribution in [2.24, 2.45) is 0 Å². The second-order valence-electron chi connectivity index (χ2n) is 3.95. The third-order valence-corrected chi connectivity index (χ3v) is 11.0. The molecule has 0 aromatic heterocycles. The highest BCUT2D eigenvalue weighted by atomic mass is 32.3. The van der Waals surface area contributed by atoms with Gasteiger partial charge in [0.2, 0.25) is 0 Å². The van der Waals surface area contributed by atoms with Gasteiger partial charge in [-0.1, -0.05) is 47.0 Å². The minimum Gasteiger partial charge on any atom is -0.344 e. The number of hydrogen-bond acceptors (Lipinski definition) is 7. The largest absolute Gasteiger partial charge is 0.344 e. The first kappa shape index (κ1) is 14.7. The first-order chi connectivity index (χ1) is 9.15.